The van der Waals surface area contributed by atoms with Crippen LogP contribution in [0.2, 0.25) is 5.02 Å². The lowest BCUT2D eigenvalue weighted by Crippen LogP contribution is -2.48. The predicted molar refractivity (Wildman–Crippen MR) is 104 cm³/mol. The maximum absolute atomic E-state index is 9.92. The number of piperazine rings is 1. The summed E-state index contributed by atoms with van der Waals surface area (Å²) in [5.41, 5.74) is 2.16. The first-order valence-electron chi connectivity index (χ1n) is 9.35. The lowest BCUT2D eigenvalue weighted by molar-refractivity contribution is 0.117. The Morgan fingerprint density at radius 2 is 1.81 bits per heavy atom. The zero-order valence-electron chi connectivity index (χ0n) is 15.1. The Kier molecular flexibility index (Phi) is 5.11. The first kappa shape index (κ1) is 17.7. The van der Waals surface area contributed by atoms with E-state index in [0.29, 0.717) is 5.92 Å². The molecule has 2 aliphatic rings. The van der Waals surface area contributed by atoms with Gasteiger partial charge in [-0.15, -0.1) is 0 Å². The maximum atomic E-state index is 9.92. The Hall–Kier alpha value is -1.69. The van der Waals surface area contributed by atoms with Gasteiger partial charge in [-0.1, -0.05) is 23.7 Å². The van der Waals surface area contributed by atoms with Gasteiger partial charge in [-0.3, -0.25) is 4.90 Å². The number of nitrogens with zero attached hydrogens (tertiary/aromatic N) is 4. The lowest BCUT2D eigenvalue weighted by Gasteiger charge is -2.39. The molecule has 1 aromatic heterocycles. The van der Waals surface area contributed by atoms with Crippen molar-refractivity contribution in [1.29, 1.82) is 0 Å². The molecule has 0 bridgehead atoms. The molecule has 5 nitrogen and oxygen atoms in total. The van der Waals surface area contributed by atoms with Crippen molar-refractivity contribution >= 4 is 17.4 Å². The van der Waals surface area contributed by atoms with Crippen molar-refractivity contribution in [2.45, 2.75) is 31.7 Å². The monoisotopic (exact) mass is 372 g/mol. The van der Waals surface area contributed by atoms with Gasteiger partial charge >= 0.3 is 0 Å². The Morgan fingerprint density at radius 1 is 1.12 bits per heavy atom. The van der Waals surface area contributed by atoms with E-state index in [1.54, 1.807) is 0 Å². The molecular formula is C20H25ClN4O. The van der Waals surface area contributed by atoms with Gasteiger partial charge in [-0.2, -0.15) is 0 Å². The van der Waals surface area contributed by atoms with Crippen LogP contribution in [0.15, 0.2) is 30.3 Å². The largest absolute Gasteiger partial charge is 0.394 e. The Balaban J connectivity index is 1.44. The van der Waals surface area contributed by atoms with Crippen LogP contribution in [0.25, 0.3) is 0 Å². The molecule has 1 aliphatic heterocycles. The van der Waals surface area contributed by atoms with Crippen LogP contribution >= 0.6 is 11.6 Å². The number of aliphatic hydroxyl groups excluding tert-OH is 1. The normalized spacial score (nSPS) is 19.6. The third kappa shape index (κ3) is 3.85. The number of aliphatic hydroxyl groups is 1. The number of anilines is 1. The van der Waals surface area contributed by atoms with E-state index in [4.69, 9.17) is 16.6 Å². The van der Waals surface area contributed by atoms with Gasteiger partial charge in [0.25, 0.3) is 0 Å². The van der Waals surface area contributed by atoms with Crippen molar-refractivity contribution < 1.29 is 5.11 Å². The summed E-state index contributed by atoms with van der Waals surface area (Å²) < 4.78 is 0. The summed E-state index contributed by atoms with van der Waals surface area (Å²) in [5, 5.41) is 10.6. The molecule has 4 rings (SSSR count). The lowest BCUT2D eigenvalue weighted by atomic mass is 10.1. The van der Waals surface area contributed by atoms with Crippen molar-refractivity contribution in [3.8, 4) is 0 Å². The molecule has 1 aliphatic carbocycles. The molecule has 1 saturated heterocycles. The van der Waals surface area contributed by atoms with Crippen LogP contribution in [0.5, 0.6) is 0 Å². The van der Waals surface area contributed by atoms with Crippen LogP contribution in [-0.4, -0.2) is 52.8 Å². The molecule has 26 heavy (non-hydrogen) atoms. The second-order valence-corrected chi connectivity index (χ2v) is 7.71. The van der Waals surface area contributed by atoms with E-state index in [2.05, 4.69) is 27.8 Å². The SMILES string of the molecule is Cc1cc(N2CCN(C(CO)c3ccc(Cl)cc3)CC2)nc(C2CC2)n1. The zero-order chi connectivity index (χ0) is 18.1. The summed E-state index contributed by atoms with van der Waals surface area (Å²) in [6.45, 7) is 5.77. The second kappa shape index (κ2) is 7.51. The Labute approximate surface area is 159 Å². The van der Waals surface area contributed by atoms with E-state index in [1.807, 2.05) is 24.3 Å². The summed E-state index contributed by atoms with van der Waals surface area (Å²) in [6.07, 6.45) is 2.44. The number of aryl methyl sites for hydroxylation is 1. The van der Waals surface area contributed by atoms with E-state index in [-0.39, 0.29) is 12.6 Å². The average molecular weight is 373 g/mol. The number of aromatic nitrogens is 2. The van der Waals surface area contributed by atoms with Crippen molar-refractivity contribution in [2.24, 2.45) is 0 Å². The average Bonchev–Trinajstić information content (AvgIpc) is 3.49. The van der Waals surface area contributed by atoms with E-state index >= 15 is 0 Å². The molecule has 1 saturated carbocycles. The number of benzene rings is 1. The Morgan fingerprint density at radius 3 is 2.42 bits per heavy atom. The van der Waals surface area contributed by atoms with Crippen molar-refractivity contribution in [3.05, 3.63) is 52.4 Å². The van der Waals surface area contributed by atoms with Crippen LogP contribution in [0.3, 0.4) is 0 Å². The number of hydrogen-bond acceptors (Lipinski definition) is 5. The summed E-state index contributed by atoms with van der Waals surface area (Å²) in [4.78, 5) is 14.1. The van der Waals surface area contributed by atoms with E-state index < -0.39 is 0 Å². The minimum atomic E-state index is 0.0172. The van der Waals surface area contributed by atoms with Crippen LogP contribution in [0.1, 0.15) is 41.9 Å². The summed E-state index contributed by atoms with van der Waals surface area (Å²) in [6, 6.07) is 9.89. The number of halogens is 1. The third-order valence-electron chi connectivity index (χ3n) is 5.31. The highest BCUT2D eigenvalue weighted by atomic mass is 35.5. The van der Waals surface area contributed by atoms with Crippen LogP contribution in [0.4, 0.5) is 5.82 Å². The van der Waals surface area contributed by atoms with Gasteiger partial charge < -0.3 is 10.0 Å². The molecule has 138 valence electrons. The molecule has 0 amide bonds. The first-order valence-corrected chi connectivity index (χ1v) is 9.73. The summed E-state index contributed by atoms with van der Waals surface area (Å²) >= 11 is 5.99. The highest BCUT2D eigenvalue weighted by Gasteiger charge is 2.29. The zero-order valence-corrected chi connectivity index (χ0v) is 15.9. The van der Waals surface area contributed by atoms with E-state index in [0.717, 1.165) is 54.1 Å². The smallest absolute Gasteiger partial charge is 0.134 e. The molecule has 0 spiro atoms. The standard InChI is InChI=1S/C20H25ClN4O/c1-14-12-19(23-20(22-14)16-2-3-16)25-10-8-24(9-11-25)18(13-26)15-4-6-17(21)7-5-15/h4-7,12,16,18,26H,2-3,8-11,13H2,1H3. The molecule has 1 aromatic carbocycles. The minimum absolute atomic E-state index is 0.0172. The quantitative estimate of drug-likeness (QED) is 0.873. The fourth-order valence-corrected chi connectivity index (χ4v) is 3.77. The van der Waals surface area contributed by atoms with E-state index in [1.165, 1.54) is 12.8 Å². The van der Waals surface area contributed by atoms with Gasteiger partial charge in [0.1, 0.15) is 11.6 Å². The molecule has 2 heterocycles. The molecule has 1 unspecified atom stereocenters. The predicted octanol–water partition coefficient (Wildman–Crippen LogP) is 3.17. The second-order valence-electron chi connectivity index (χ2n) is 7.27. The van der Waals surface area contributed by atoms with Crippen LogP contribution in [0, 0.1) is 6.92 Å². The number of rotatable bonds is 5. The van der Waals surface area contributed by atoms with Gasteiger partial charge in [0.2, 0.25) is 0 Å². The first-order chi connectivity index (χ1) is 12.6. The van der Waals surface area contributed by atoms with Gasteiger partial charge in [-0.25, -0.2) is 9.97 Å². The van der Waals surface area contributed by atoms with E-state index in [9.17, 15) is 5.11 Å². The van der Waals surface area contributed by atoms with Gasteiger partial charge in [-0.05, 0) is 37.5 Å². The van der Waals surface area contributed by atoms with Crippen molar-refractivity contribution in [2.75, 3.05) is 37.7 Å². The summed E-state index contributed by atoms with van der Waals surface area (Å²) in [5.74, 6) is 2.63. The van der Waals surface area contributed by atoms with Gasteiger partial charge in [0.15, 0.2) is 0 Å². The molecule has 6 heteroatoms. The Bertz CT molecular complexity index is 755. The fourth-order valence-electron chi connectivity index (χ4n) is 3.64. The van der Waals surface area contributed by atoms with Gasteiger partial charge in [0, 0.05) is 48.9 Å². The molecule has 2 fully saturated rings. The van der Waals surface area contributed by atoms with Crippen molar-refractivity contribution in [1.82, 2.24) is 14.9 Å². The fraction of sp³-hybridized carbons (Fsp3) is 0.500. The maximum Gasteiger partial charge on any atom is 0.134 e. The highest BCUT2D eigenvalue weighted by molar-refractivity contribution is 6.30. The van der Waals surface area contributed by atoms with Gasteiger partial charge in [0.05, 0.1) is 12.6 Å². The third-order valence-corrected chi connectivity index (χ3v) is 5.56. The highest BCUT2D eigenvalue weighted by Crippen LogP contribution is 2.38. The molecule has 1 atom stereocenters. The van der Waals surface area contributed by atoms with Crippen molar-refractivity contribution in [3.63, 3.8) is 0 Å². The topological polar surface area (TPSA) is 52.5 Å². The molecule has 2 aromatic rings. The molecular weight excluding hydrogens is 348 g/mol. The minimum Gasteiger partial charge on any atom is -0.394 e. The van der Waals surface area contributed by atoms with Crippen LogP contribution < -0.4 is 4.90 Å². The molecule has 0 radical (unpaired) electrons. The van der Waals surface area contributed by atoms with Crippen LogP contribution in [-0.2, 0) is 0 Å². The number of hydrogen-bond donors (Lipinski definition) is 1. The summed E-state index contributed by atoms with van der Waals surface area (Å²) in [7, 11) is 0. The molecule has 1 N–H and O–H groups in total.